The molecular formula is C13H23N3. The van der Waals surface area contributed by atoms with Gasteiger partial charge in [-0.25, -0.2) is 4.98 Å². The van der Waals surface area contributed by atoms with Gasteiger partial charge in [-0.3, -0.25) is 4.90 Å². The Hall–Kier alpha value is -1.09. The zero-order chi connectivity index (χ0) is 12.0. The van der Waals surface area contributed by atoms with Crippen LogP contribution in [0.1, 0.15) is 32.8 Å². The first kappa shape index (κ1) is 13.0. The Morgan fingerprint density at radius 2 is 2.19 bits per heavy atom. The van der Waals surface area contributed by atoms with E-state index < -0.39 is 0 Å². The molecule has 0 unspecified atom stereocenters. The van der Waals surface area contributed by atoms with Crippen molar-refractivity contribution < 1.29 is 0 Å². The molecule has 90 valence electrons. The van der Waals surface area contributed by atoms with Gasteiger partial charge in [-0.1, -0.05) is 13.0 Å². The molecule has 0 radical (unpaired) electrons. The molecule has 0 aliphatic heterocycles. The third-order valence-corrected chi connectivity index (χ3v) is 2.74. The van der Waals surface area contributed by atoms with Crippen LogP contribution < -0.4 is 5.32 Å². The van der Waals surface area contributed by atoms with E-state index in [0.29, 0.717) is 6.04 Å². The smallest absolute Gasteiger partial charge is 0.130 e. The molecule has 16 heavy (non-hydrogen) atoms. The summed E-state index contributed by atoms with van der Waals surface area (Å²) in [5, 5.41) is 3.14. The van der Waals surface area contributed by atoms with E-state index in [-0.39, 0.29) is 0 Å². The molecule has 0 spiro atoms. The Balaban J connectivity index is 2.76. The van der Waals surface area contributed by atoms with Crippen molar-refractivity contribution in [2.75, 3.05) is 18.9 Å². The molecule has 0 aromatic carbocycles. The number of aromatic nitrogens is 1. The number of hydrogen-bond donors (Lipinski definition) is 1. The maximum absolute atomic E-state index is 4.33. The van der Waals surface area contributed by atoms with Gasteiger partial charge in [-0.2, -0.15) is 0 Å². The van der Waals surface area contributed by atoms with Crippen LogP contribution in [0.3, 0.4) is 0 Å². The zero-order valence-electron chi connectivity index (χ0n) is 10.8. The number of hydrogen-bond acceptors (Lipinski definition) is 3. The molecule has 0 saturated carbocycles. The summed E-state index contributed by atoms with van der Waals surface area (Å²) in [7, 11) is 1.92. The van der Waals surface area contributed by atoms with Crippen molar-refractivity contribution in [3.63, 3.8) is 0 Å². The molecule has 0 fully saturated rings. The fraction of sp³-hybridized carbons (Fsp3) is 0.615. The van der Waals surface area contributed by atoms with Crippen molar-refractivity contribution in [1.82, 2.24) is 9.88 Å². The fourth-order valence-electron chi connectivity index (χ4n) is 1.82. The van der Waals surface area contributed by atoms with Crippen LogP contribution in [0.5, 0.6) is 0 Å². The van der Waals surface area contributed by atoms with Gasteiger partial charge in [0.05, 0.1) is 0 Å². The molecule has 1 rings (SSSR count). The number of nitrogens with zero attached hydrogens (tertiary/aromatic N) is 2. The lowest BCUT2D eigenvalue weighted by Crippen LogP contribution is -2.31. The summed E-state index contributed by atoms with van der Waals surface area (Å²) in [4.78, 5) is 6.80. The second-order valence-corrected chi connectivity index (χ2v) is 4.33. The molecule has 1 N–H and O–H groups in total. The van der Waals surface area contributed by atoms with Gasteiger partial charge in [0.2, 0.25) is 0 Å². The van der Waals surface area contributed by atoms with Crippen molar-refractivity contribution in [3.05, 3.63) is 23.9 Å². The van der Waals surface area contributed by atoms with Crippen LogP contribution in [0.2, 0.25) is 0 Å². The van der Waals surface area contributed by atoms with Crippen molar-refractivity contribution in [2.24, 2.45) is 0 Å². The molecule has 1 aromatic heterocycles. The van der Waals surface area contributed by atoms with Crippen LogP contribution in [0.4, 0.5) is 5.82 Å². The van der Waals surface area contributed by atoms with E-state index in [1.54, 1.807) is 0 Å². The lowest BCUT2D eigenvalue weighted by molar-refractivity contribution is 0.213. The topological polar surface area (TPSA) is 28.2 Å². The SMILES string of the molecule is CCCN(Cc1cccnc1NC)C(C)C. The minimum atomic E-state index is 0.574. The van der Waals surface area contributed by atoms with Crippen LogP contribution in [0, 0.1) is 0 Å². The Kier molecular flexibility index (Phi) is 5.26. The number of rotatable bonds is 6. The molecule has 0 bridgehead atoms. The quantitative estimate of drug-likeness (QED) is 0.800. The number of nitrogens with one attached hydrogen (secondary N) is 1. The maximum atomic E-state index is 4.33. The highest BCUT2D eigenvalue weighted by Crippen LogP contribution is 2.15. The molecule has 3 heteroatoms. The van der Waals surface area contributed by atoms with Crippen LogP contribution in [0.15, 0.2) is 18.3 Å². The lowest BCUT2D eigenvalue weighted by atomic mass is 10.2. The highest BCUT2D eigenvalue weighted by atomic mass is 15.1. The second kappa shape index (κ2) is 6.48. The lowest BCUT2D eigenvalue weighted by Gasteiger charge is -2.26. The van der Waals surface area contributed by atoms with Gasteiger partial charge < -0.3 is 5.32 Å². The summed E-state index contributed by atoms with van der Waals surface area (Å²) in [5.74, 6) is 0.990. The molecule has 3 nitrogen and oxygen atoms in total. The highest BCUT2D eigenvalue weighted by Gasteiger charge is 2.11. The summed E-state index contributed by atoms with van der Waals surface area (Å²) < 4.78 is 0. The molecule has 1 heterocycles. The molecule has 0 aliphatic carbocycles. The molecule has 0 aliphatic rings. The third kappa shape index (κ3) is 3.49. The van der Waals surface area contributed by atoms with Crippen LogP contribution >= 0.6 is 0 Å². The maximum Gasteiger partial charge on any atom is 0.130 e. The van der Waals surface area contributed by atoms with E-state index >= 15 is 0 Å². The van der Waals surface area contributed by atoms with E-state index in [9.17, 15) is 0 Å². The fourth-order valence-corrected chi connectivity index (χ4v) is 1.82. The second-order valence-electron chi connectivity index (χ2n) is 4.33. The summed E-state index contributed by atoms with van der Waals surface area (Å²) in [6.45, 7) is 8.80. The Labute approximate surface area is 98.9 Å². The first-order chi connectivity index (χ1) is 7.69. The van der Waals surface area contributed by atoms with Crippen molar-refractivity contribution in [1.29, 1.82) is 0 Å². The molecular weight excluding hydrogens is 198 g/mol. The molecule has 0 atom stereocenters. The summed E-state index contributed by atoms with van der Waals surface area (Å²) >= 11 is 0. The molecule has 1 aromatic rings. The third-order valence-electron chi connectivity index (χ3n) is 2.74. The first-order valence-corrected chi connectivity index (χ1v) is 6.04. The minimum Gasteiger partial charge on any atom is -0.373 e. The predicted molar refractivity (Wildman–Crippen MR) is 69.6 cm³/mol. The normalized spacial score (nSPS) is 11.1. The standard InChI is InChI=1S/C13H23N3/c1-5-9-16(11(2)3)10-12-7-6-8-15-13(12)14-4/h6-8,11H,5,9-10H2,1-4H3,(H,14,15). The monoisotopic (exact) mass is 221 g/mol. The minimum absolute atomic E-state index is 0.574. The van der Waals surface area contributed by atoms with Crippen LogP contribution in [-0.4, -0.2) is 29.5 Å². The zero-order valence-corrected chi connectivity index (χ0v) is 10.8. The predicted octanol–water partition coefficient (Wildman–Crippen LogP) is 2.74. The van der Waals surface area contributed by atoms with Gasteiger partial charge >= 0.3 is 0 Å². The molecule has 0 saturated heterocycles. The average Bonchev–Trinajstić information content (AvgIpc) is 2.29. The van der Waals surface area contributed by atoms with Crippen molar-refractivity contribution in [3.8, 4) is 0 Å². The summed E-state index contributed by atoms with van der Waals surface area (Å²) in [5.41, 5.74) is 1.27. The summed E-state index contributed by atoms with van der Waals surface area (Å²) in [6.07, 6.45) is 3.02. The van der Waals surface area contributed by atoms with Crippen molar-refractivity contribution in [2.45, 2.75) is 39.8 Å². The van der Waals surface area contributed by atoms with E-state index in [4.69, 9.17) is 0 Å². The van der Waals surface area contributed by atoms with E-state index in [1.165, 1.54) is 12.0 Å². The largest absolute Gasteiger partial charge is 0.373 e. The molecule has 0 amide bonds. The Morgan fingerprint density at radius 3 is 2.75 bits per heavy atom. The first-order valence-electron chi connectivity index (χ1n) is 6.04. The Bertz CT molecular complexity index is 310. The van der Waals surface area contributed by atoms with Gasteiger partial charge in [-0.15, -0.1) is 0 Å². The van der Waals surface area contributed by atoms with E-state index in [1.807, 2.05) is 19.3 Å². The highest BCUT2D eigenvalue weighted by molar-refractivity contribution is 5.42. The number of pyridine rings is 1. The van der Waals surface area contributed by atoms with Gasteiger partial charge in [0.1, 0.15) is 5.82 Å². The van der Waals surface area contributed by atoms with Crippen molar-refractivity contribution >= 4 is 5.82 Å². The van der Waals surface area contributed by atoms with E-state index in [0.717, 1.165) is 18.9 Å². The van der Waals surface area contributed by atoms with Gasteiger partial charge in [-0.05, 0) is 32.9 Å². The van der Waals surface area contributed by atoms with Gasteiger partial charge in [0.25, 0.3) is 0 Å². The van der Waals surface area contributed by atoms with Crippen LogP contribution in [-0.2, 0) is 6.54 Å². The van der Waals surface area contributed by atoms with Crippen LogP contribution in [0.25, 0.3) is 0 Å². The Morgan fingerprint density at radius 1 is 1.44 bits per heavy atom. The number of anilines is 1. The average molecular weight is 221 g/mol. The summed E-state index contributed by atoms with van der Waals surface area (Å²) in [6, 6.07) is 4.72. The van der Waals surface area contributed by atoms with Gasteiger partial charge in [0, 0.05) is 31.4 Å². The van der Waals surface area contributed by atoms with E-state index in [2.05, 4.69) is 42.0 Å². The van der Waals surface area contributed by atoms with Gasteiger partial charge in [0.15, 0.2) is 0 Å².